The van der Waals surface area contributed by atoms with Crippen LogP contribution in [0.3, 0.4) is 0 Å². The van der Waals surface area contributed by atoms with Crippen LogP contribution in [-0.4, -0.2) is 33.1 Å². The van der Waals surface area contributed by atoms with Crippen LogP contribution in [-0.2, 0) is 6.54 Å². The van der Waals surface area contributed by atoms with Crippen LogP contribution in [0.2, 0.25) is 0 Å². The second-order valence-electron chi connectivity index (χ2n) is 4.09. The zero-order valence-electron chi connectivity index (χ0n) is 11.0. The monoisotopic (exact) mass is 264 g/mol. The number of halogens is 1. The van der Waals surface area contributed by atoms with Gasteiger partial charge in [0.25, 0.3) is 0 Å². The Morgan fingerprint density at radius 1 is 1.37 bits per heavy atom. The van der Waals surface area contributed by atoms with E-state index in [9.17, 15) is 4.39 Å². The van der Waals surface area contributed by atoms with E-state index in [2.05, 4.69) is 30.2 Å². The highest BCUT2D eigenvalue weighted by Gasteiger charge is 2.04. The quantitative estimate of drug-likeness (QED) is 0.777. The van der Waals surface area contributed by atoms with Crippen molar-refractivity contribution in [2.75, 3.05) is 24.2 Å². The molecule has 2 rings (SSSR count). The van der Waals surface area contributed by atoms with Crippen molar-refractivity contribution < 1.29 is 4.39 Å². The number of rotatable bonds is 6. The van der Waals surface area contributed by atoms with Crippen molar-refractivity contribution >= 4 is 11.8 Å². The van der Waals surface area contributed by atoms with E-state index in [1.165, 1.54) is 0 Å². The van der Waals surface area contributed by atoms with Gasteiger partial charge >= 0.3 is 0 Å². The van der Waals surface area contributed by atoms with Gasteiger partial charge in [0.2, 0.25) is 5.95 Å². The Bertz CT molecular complexity index is 539. The van der Waals surface area contributed by atoms with Crippen LogP contribution >= 0.6 is 0 Å². The molecular formula is C12H17FN6. The first kappa shape index (κ1) is 13.3. The van der Waals surface area contributed by atoms with Crippen molar-refractivity contribution in [2.45, 2.75) is 19.9 Å². The van der Waals surface area contributed by atoms with Gasteiger partial charge in [-0.15, -0.1) is 0 Å². The van der Waals surface area contributed by atoms with E-state index in [-0.39, 0.29) is 5.82 Å². The maximum atomic E-state index is 13.2. The van der Waals surface area contributed by atoms with Gasteiger partial charge in [-0.2, -0.15) is 4.98 Å². The van der Waals surface area contributed by atoms with Gasteiger partial charge in [0, 0.05) is 32.5 Å². The van der Waals surface area contributed by atoms with Crippen molar-refractivity contribution in [2.24, 2.45) is 0 Å². The second-order valence-corrected chi connectivity index (χ2v) is 4.09. The van der Waals surface area contributed by atoms with Crippen LogP contribution < -0.4 is 10.6 Å². The largest absolute Gasteiger partial charge is 0.371 e. The molecule has 0 aliphatic heterocycles. The Kier molecular flexibility index (Phi) is 4.27. The Morgan fingerprint density at radius 3 is 2.89 bits per heavy atom. The minimum Gasteiger partial charge on any atom is -0.371 e. The molecule has 2 aromatic heterocycles. The van der Waals surface area contributed by atoms with Gasteiger partial charge in [0.05, 0.1) is 6.20 Å². The summed E-state index contributed by atoms with van der Waals surface area (Å²) in [5.74, 6) is 1.16. The van der Waals surface area contributed by atoms with Crippen LogP contribution in [0.15, 0.2) is 18.6 Å². The van der Waals surface area contributed by atoms with Crippen molar-refractivity contribution in [3.63, 3.8) is 0 Å². The number of hydrogen-bond acceptors (Lipinski definition) is 5. The maximum absolute atomic E-state index is 13.2. The first-order valence-electron chi connectivity index (χ1n) is 6.12. The average molecular weight is 264 g/mol. The minimum absolute atomic E-state index is 0.197. The summed E-state index contributed by atoms with van der Waals surface area (Å²) in [5, 5.41) is 5.74. The summed E-state index contributed by atoms with van der Waals surface area (Å²) in [6, 6.07) is 0. The third kappa shape index (κ3) is 3.40. The van der Waals surface area contributed by atoms with Gasteiger partial charge in [-0.05, 0) is 13.3 Å². The van der Waals surface area contributed by atoms with E-state index in [0.29, 0.717) is 12.5 Å². The predicted molar refractivity (Wildman–Crippen MR) is 71.6 cm³/mol. The number of aromatic nitrogens is 4. The third-order valence-corrected chi connectivity index (χ3v) is 2.76. The molecule has 0 aliphatic carbocycles. The standard InChI is InChI=1S/C12H17FN6/c1-9-15-5-7-19(9)6-3-4-16-12-17-8-10(13)11(14-2)18-12/h5,7-8H,3-4,6H2,1-2H3,(H2,14,16,17,18). The van der Waals surface area contributed by atoms with Crippen LogP contribution in [0.1, 0.15) is 12.2 Å². The zero-order chi connectivity index (χ0) is 13.7. The van der Waals surface area contributed by atoms with E-state index < -0.39 is 5.82 Å². The number of nitrogens with zero attached hydrogens (tertiary/aromatic N) is 4. The van der Waals surface area contributed by atoms with Crippen molar-refractivity contribution in [3.05, 3.63) is 30.2 Å². The summed E-state index contributed by atoms with van der Waals surface area (Å²) in [5.41, 5.74) is 0. The Morgan fingerprint density at radius 2 is 2.21 bits per heavy atom. The smallest absolute Gasteiger partial charge is 0.224 e. The Hall–Kier alpha value is -2.18. The lowest BCUT2D eigenvalue weighted by Gasteiger charge is -2.08. The normalized spacial score (nSPS) is 10.5. The van der Waals surface area contributed by atoms with E-state index >= 15 is 0 Å². The molecule has 0 spiro atoms. The fraction of sp³-hybridized carbons (Fsp3) is 0.417. The van der Waals surface area contributed by atoms with Gasteiger partial charge in [-0.3, -0.25) is 0 Å². The number of imidazole rings is 1. The summed E-state index contributed by atoms with van der Waals surface area (Å²) in [6.07, 6.45) is 5.79. The summed E-state index contributed by atoms with van der Waals surface area (Å²) < 4.78 is 15.2. The molecule has 0 unspecified atom stereocenters. The molecule has 0 aliphatic rings. The molecule has 2 N–H and O–H groups in total. The molecule has 0 saturated carbocycles. The van der Waals surface area contributed by atoms with Crippen LogP contribution in [0.4, 0.5) is 16.2 Å². The molecule has 7 heteroatoms. The molecule has 6 nitrogen and oxygen atoms in total. The number of aryl methyl sites for hydroxylation is 2. The molecule has 102 valence electrons. The van der Waals surface area contributed by atoms with Crippen LogP contribution in [0.5, 0.6) is 0 Å². The summed E-state index contributed by atoms with van der Waals surface area (Å²) >= 11 is 0. The molecule has 2 aromatic rings. The average Bonchev–Trinajstić information content (AvgIpc) is 2.82. The molecule has 0 bridgehead atoms. The van der Waals surface area contributed by atoms with E-state index in [1.807, 2.05) is 13.1 Å². The maximum Gasteiger partial charge on any atom is 0.224 e. The molecule has 19 heavy (non-hydrogen) atoms. The highest BCUT2D eigenvalue weighted by atomic mass is 19.1. The Balaban J connectivity index is 1.81. The van der Waals surface area contributed by atoms with Gasteiger partial charge in [-0.1, -0.05) is 0 Å². The summed E-state index contributed by atoms with van der Waals surface area (Å²) in [6.45, 7) is 3.56. The molecule has 0 aromatic carbocycles. The number of nitrogens with one attached hydrogen (secondary N) is 2. The van der Waals surface area contributed by atoms with Gasteiger partial charge in [0.15, 0.2) is 11.6 Å². The highest BCUT2D eigenvalue weighted by molar-refractivity contribution is 5.40. The van der Waals surface area contributed by atoms with E-state index in [4.69, 9.17) is 0 Å². The van der Waals surface area contributed by atoms with Gasteiger partial charge in [-0.25, -0.2) is 14.4 Å². The van der Waals surface area contributed by atoms with Crippen molar-refractivity contribution in [3.8, 4) is 0 Å². The zero-order valence-corrected chi connectivity index (χ0v) is 11.0. The highest BCUT2D eigenvalue weighted by Crippen LogP contribution is 2.10. The number of anilines is 2. The van der Waals surface area contributed by atoms with E-state index in [1.54, 1.807) is 13.2 Å². The fourth-order valence-electron chi connectivity index (χ4n) is 1.72. The fourth-order valence-corrected chi connectivity index (χ4v) is 1.72. The molecule has 0 fully saturated rings. The molecule has 0 atom stereocenters. The van der Waals surface area contributed by atoms with Crippen LogP contribution in [0.25, 0.3) is 0 Å². The number of hydrogen-bond donors (Lipinski definition) is 2. The lowest BCUT2D eigenvalue weighted by molar-refractivity contribution is 0.617. The molecule has 0 saturated heterocycles. The molecule has 0 amide bonds. The lowest BCUT2D eigenvalue weighted by atomic mass is 10.4. The topological polar surface area (TPSA) is 67.7 Å². The van der Waals surface area contributed by atoms with E-state index in [0.717, 1.165) is 25.0 Å². The Labute approximate surface area is 111 Å². The lowest BCUT2D eigenvalue weighted by Crippen LogP contribution is -2.10. The van der Waals surface area contributed by atoms with Crippen molar-refractivity contribution in [1.82, 2.24) is 19.5 Å². The predicted octanol–water partition coefficient (Wildman–Crippen LogP) is 1.66. The first-order chi connectivity index (χ1) is 9.20. The second kappa shape index (κ2) is 6.12. The SMILES string of the molecule is CNc1nc(NCCCn2ccnc2C)ncc1F. The summed E-state index contributed by atoms with van der Waals surface area (Å²) in [7, 11) is 1.62. The van der Waals surface area contributed by atoms with Gasteiger partial charge in [0.1, 0.15) is 5.82 Å². The molecule has 0 radical (unpaired) electrons. The molecule has 2 heterocycles. The van der Waals surface area contributed by atoms with Crippen LogP contribution in [0, 0.1) is 12.7 Å². The van der Waals surface area contributed by atoms with Crippen molar-refractivity contribution in [1.29, 1.82) is 0 Å². The molecular weight excluding hydrogens is 247 g/mol. The first-order valence-corrected chi connectivity index (χ1v) is 6.12. The minimum atomic E-state index is -0.456. The van der Waals surface area contributed by atoms with Gasteiger partial charge < -0.3 is 15.2 Å². The third-order valence-electron chi connectivity index (χ3n) is 2.76. The summed E-state index contributed by atoms with van der Waals surface area (Å²) in [4.78, 5) is 12.1.